The first-order chi connectivity index (χ1) is 7.30. The van der Waals surface area contributed by atoms with Gasteiger partial charge in [0.15, 0.2) is 5.82 Å². The first-order valence-electron chi connectivity index (χ1n) is 4.75. The van der Waals surface area contributed by atoms with Gasteiger partial charge in [-0.2, -0.15) is 13.5 Å². The lowest BCUT2D eigenvalue weighted by Crippen LogP contribution is -2.41. The molecule has 0 aliphatic heterocycles. The second-order valence-electron chi connectivity index (χ2n) is 3.77. The van der Waals surface area contributed by atoms with Gasteiger partial charge >= 0.3 is 0 Å². The molecule has 1 aromatic heterocycles. The van der Waals surface area contributed by atoms with E-state index in [1.165, 1.54) is 4.68 Å². The molecule has 0 saturated heterocycles. The van der Waals surface area contributed by atoms with Crippen molar-refractivity contribution >= 4 is 16.0 Å². The molecule has 0 unspecified atom stereocenters. The van der Waals surface area contributed by atoms with E-state index in [0.29, 0.717) is 12.4 Å². The largest absolute Gasteiger partial charge is 0.308 e. The maximum atomic E-state index is 11.4. The van der Waals surface area contributed by atoms with Crippen LogP contribution in [0.5, 0.6) is 0 Å². The van der Waals surface area contributed by atoms with Gasteiger partial charge in [0.1, 0.15) is 0 Å². The second kappa shape index (κ2) is 4.81. The van der Waals surface area contributed by atoms with Gasteiger partial charge in [-0.1, -0.05) is 0 Å². The number of nitrogens with two attached hydrogens (primary N) is 1. The summed E-state index contributed by atoms with van der Waals surface area (Å²) in [5, 5.41) is 9.16. The standard InChI is InChI=1S/C8H17N5O2S/c1-11(2)6-7-13(16(9,14)15)8-4-5-12(3)10-8/h4-5H,6-7H2,1-3H3,(H2,9,14,15). The maximum Gasteiger partial charge on any atom is 0.300 e. The molecular weight excluding hydrogens is 230 g/mol. The lowest BCUT2D eigenvalue weighted by molar-refractivity contribution is 0.419. The van der Waals surface area contributed by atoms with Crippen LogP contribution in [0.2, 0.25) is 0 Å². The molecule has 92 valence electrons. The van der Waals surface area contributed by atoms with Crippen molar-refractivity contribution in [2.24, 2.45) is 12.2 Å². The molecule has 0 saturated carbocycles. The summed E-state index contributed by atoms with van der Waals surface area (Å²) < 4.78 is 25.4. The first kappa shape index (κ1) is 12.9. The van der Waals surface area contributed by atoms with E-state index < -0.39 is 10.2 Å². The molecule has 0 amide bonds. The van der Waals surface area contributed by atoms with E-state index in [4.69, 9.17) is 5.14 Å². The number of likely N-dealkylation sites (N-methyl/N-ethyl adjacent to an activating group) is 1. The van der Waals surface area contributed by atoms with Crippen LogP contribution in [-0.2, 0) is 17.3 Å². The topological polar surface area (TPSA) is 84.5 Å². The monoisotopic (exact) mass is 247 g/mol. The van der Waals surface area contributed by atoms with Crippen LogP contribution in [-0.4, -0.2) is 50.3 Å². The number of anilines is 1. The first-order valence-corrected chi connectivity index (χ1v) is 6.26. The quantitative estimate of drug-likeness (QED) is 0.722. The highest BCUT2D eigenvalue weighted by Crippen LogP contribution is 2.12. The van der Waals surface area contributed by atoms with Gasteiger partial charge in [-0.25, -0.2) is 9.44 Å². The van der Waals surface area contributed by atoms with E-state index in [0.717, 1.165) is 4.31 Å². The van der Waals surface area contributed by atoms with Crippen molar-refractivity contribution in [3.8, 4) is 0 Å². The van der Waals surface area contributed by atoms with Gasteiger partial charge in [0, 0.05) is 32.4 Å². The summed E-state index contributed by atoms with van der Waals surface area (Å²) in [7, 11) is 1.67. The summed E-state index contributed by atoms with van der Waals surface area (Å²) in [6.45, 7) is 0.857. The normalized spacial score (nSPS) is 12.1. The molecule has 7 nitrogen and oxygen atoms in total. The Labute approximate surface area is 95.6 Å². The van der Waals surface area contributed by atoms with Gasteiger partial charge < -0.3 is 4.90 Å². The van der Waals surface area contributed by atoms with Crippen molar-refractivity contribution in [2.75, 3.05) is 31.5 Å². The fourth-order valence-corrected chi connectivity index (χ4v) is 1.89. The third-order valence-electron chi connectivity index (χ3n) is 2.01. The molecule has 0 aliphatic rings. The van der Waals surface area contributed by atoms with Gasteiger partial charge in [-0.3, -0.25) is 4.68 Å². The maximum absolute atomic E-state index is 11.4. The molecular formula is C8H17N5O2S. The van der Waals surface area contributed by atoms with Crippen LogP contribution in [0.3, 0.4) is 0 Å². The number of rotatable bonds is 5. The van der Waals surface area contributed by atoms with Crippen molar-refractivity contribution in [1.82, 2.24) is 14.7 Å². The zero-order chi connectivity index (χ0) is 12.3. The van der Waals surface area contributed by atoms with E-state index in [1.54, 1.807) is 19.3 Å². The Morgan fingerprint density at radius 1 is 1.44 bits per heavy atom. The highest BCUT2D eigenvalue weighted by molar-refractivity contribution is 7.90. The van der Waals surface area contributed by atoms with Crippen LogP contribution >= 0.6 is 0 Å². The van der Waals surface area contributed by atoms with Gasteiger partial charge in [-0.05, 0) is 14.1 Å². The van der Waals surface area contributed by atoms with Crippen LogP contribution in [0.1, 0.15) is 0 Å². The van der Waals surface area contributed by atoms with Crippen LogP contribution < -0.4 is 9.44 Å². The molecule has 0 fully saturated rings. The van der Waals surface area contributed by atoms with Crippen molar-refractivity contribution in [3.63, 3.8) is 0 Å². The van der Waals surface area contributed by atoms with E-state index >= 15 is 0 Å². The van der Waals surface area contributed by atoms with E-state index in [2.05, 4.69) is 5.10 Å². The second-order valence-corrected chi connectivity index (χ2v) is 5.24. The minimum absolute atomic E-state index is 0.281. The molecule has 0 bridgehead atoms. The highest BCUT2D eigenvalue weighted by atomic mass is 32.2. The molecule has 1 heterocycles. The van der Waals surface area contributed by atoms with Crippen molar-refractivity contribution in [2.45, 2.75) is 0 Å². The van der Waals surface area contributed by atoms with Crippen LogP contribution in [0.4, 0.5) is 5.82 Å². The van der Waals surface area contributed by atoms with Gasteiger partial charge in [0.05, 0.1) is 0 Å². The van der Waals surface area contributed by atoms with E-state index in [1.807, 2.05) is 19.0 Å². The molecule has 1 rings (SSSR count). The molecule has 0 aliphatic carbocycles. The Morgan fingerprint density at radius 3 is 2.44 bits per heavy atom. The number of aryl methyl sites for hydroxylation is 1. The third kappa shape index (κ3) is 3.47. The molecule has 0 radical (unpaired) electrons. The molecule has 0 spiro atoms. The summed E-state index contributed by atoms with van der Waals surface area (Å²) in [4.78, 5) is 1.88. The number of hydrogen-bond donors (Lipinski definition) is 1. The molecule has 2 N–H and O–H groups in total. The van der Waals surface area contributed by atoms with E-state index in [-0.39, 0.29) is 6.54 Å². The molecule has 8 heteroatoms. The SMILES string of the molecule is CN(C)CCN(c1ccn(C)n1)S(N)(=O)=O. The predicted molar refractivity (Wildman–Crippen MR) is 62.2 cm³/mol. The minimum atomic E-state index is -3.77. The fraction of sp³-hybridized carbons (Fsp3) is 0.625. The van der Waals surface area contributed by atoms with Crippen LogP contribution in [0.15, 0.2) is 12.3 Å². The summed E-state index contributed by atoms with van der Waals surface area (Å²) in [6, 6.07) is 1.61. The number of aromatic nitrogens is 2. The van der Waals surface area contributed by atoms with Gasteiger partial charge in [-0.15, -0.1) is 0 Å². The van der Waals surface area contributed by atoms with Gasteiger partial charge in [0.2, 0.25) is 0 Å². The average molecular weight is 247 g/mol. The zero-order valence-electron chi connectivity index (χ0n) is 9.66. The highest BCUT2D eigenvalue weighted by Gasteiger charge is 2.19. The third-order valence-corrected chi connectivity index (χ3v) is 3.00. The Morgan fingerprint density at radius 2 is 2.06 bits per heavy atom. The summed E-state index contributed by atoms with van der Waals surface area (Å²) >= 11 is 0. The average Bonchev–Trinajstić information content (AvgIpc) is 2.49. The van der Waals surface area contributed by atoms with Crippen LogP contribution in [0, 0.1) is 0 Å². The molecule has 0 atom stereocenters. The van der Waals surface area contributed by atoms with Crippen molar-refractivity contribution in [3.05, 3.63) is 12.3 Å². The van der Waals surface area contributed by atoms with Crippen LogP contribution in [0.25, 0.3) is 0 Å². The lowest BCUT2D eigenvalue weighted by Gasteiger charge is -2.21. The zero-order valence-corrected chi connectivity index (χ0v) is 10.5. The number of nitrogens with zero attached hydrogens (tertiary/aromatic N) is 4. The molecule has 1 aromatic rings. The predicted octanol–water partition coefficient (Wildman–Crippen LogP) is -1.01. The molecule has 0 aromatic carbocycles. The van der Waals surface area contributed by atoms with E-state index in [9.17, 15) is 8.42 Å². The Bertz CT molecular complexity index is 439. The Kier molecular flexibility index (Phi) is 3.89. The summed E-state index contributed by atoms with van der Waals surface area (Å²) in [5.41, 5.74) is 0. The Hall–Kier alpha value is -1.12. The van der Waals surface area contributed by atoms with Crippen molar-refractivity contribution < 1.29 is 8.42 Å². The minimum Gasteiger partial charge on any atom is -0.308 e. The summed E-state index contributed by atoms with van der Waals surface area (Å²) in [6.07, 6.45) is 1.67. The Balaban J connectivity index is 2.89. The fourth-order valence-electron chi connectivity index (χ4n) is 1.20. The number of hydrogen-bond acceptors (Lipinski definition) is 4. The lowest BCUT2D eigenvalue weighted by atomic mass is 10.5. The van der Waals surface area contributed by atoms with Crippen molar-refractivity contribution in [1.29, 1.82) is 0 Å². The summed E-state index contributed by atoms with van der Waals surface area (Å²) in [5.74, 6) is 0.340. The molecule has 16 heavy (non-hydrogen) atoms. The van der Waals surface area contributed by atoms with Gasteiger partial charge in [0.25, 0.3) is 10.2 Å². The smallest absolute Gasteiger partial charge is 0.300 e.